The first kappa shape index (κ1) is 12.9. The van der Waals surface area contributed by atoms with Crippen molar-refractivity contribution in [3.05, 3.63) is 22.4 Å². The quantitative estimate of drug-likeness (QED) is 0.722. The summed E-state index contributed by atoms with van der Waals surface area (Å²) in [4.78, 5) is 24.5. The molecule has 0 fully saturated rings. The lowest BCUT2D eigenvalue weighted by Gasteiger charge is -2.26. The van der Waals surface area contributed by atoms with E-state index in [0.29, 0.717) is 0 Å². The van der Waals surface area contributed by atoms with Crippen molar-refractivity contribution in [2.24, 2.45) is 0 Å². The van der Waals surface area contributed by atoms with E-state index in [0.717, 1.165) is 40.8 Å². The first-order chi connectivity index (χ1) is 10.2. The van der Waals surface area contributed by atoms with Crippen molar-refractivity contribution in [2.45, 2.75) is 13.0 Å². The topological polar surface area (TPSA) is 58.0 Å². The smallest absolute Gasteiger partial charge is 0.185 e. The van der Waals surface area contributed by atoms with Gasteiger partial charge in [0.15, 0.2) is 10.9 Å². The van der Waals surface area contributed by atoms with Gasteiger partial charge in [0, 0.05) is 31.9 Å². The zero-order chi connectivity index (χ0) is 14.4. The van der Waals surface area contributed by atoms with Crippen LogP contribution in [0, 0.1) is 0 Å². The van der Waals surface area contributed by atoms with Crippen LogP contribution in [0.2, 0.25) is 0 Å². The molecule has 108 valence electrons. The van der Waals surface area contributed by atoms with Gasteiger partial charge in [0.2, 0.25) is 0 Å². The number of rotatable bonds is 2. The molecule has 21 heavy (non-hydrogen) atoms. The van der Waals surface area contributed by atoms with Gasteiger partial charge in [0.05, 0.1) is 17.7 Å². The summed E-state index contributed by atoms with van der Waals surface area (Å²) in [5.41, 5.74) is 3.96. The molecule has 0 N–H and O–H groups in total. The van der Waals surface area contributed by atoms with Crippen LogP contribution in [0.25, 0.3) is 10.3 Å². The van der Waals surface area contributed by atoms with Gasteiger partial charge in [-0.05, 0) is 0 Å². The largest absolute Gasteiger partial charge is 0.354 e. The van der Waals surface area contributed by atoms with E-state index in [2.05, 4.69) is 24.8 Å². The average Bonchev–Trinajstić information content (AvgIpc) is 3.12. The van der Waals surface area contributed by atoms with Crippen molar-refractivity contribution in [1.29, 1.82) is 0 Å². The summed E-state index contributed by atoms with van der Waals surface area (Å²) < 4.78 is 0. The fourth-order valence-electron chi connectivity index (χ4n) is 2.47. The Hall–Kier alpha value is -1.80. The molecule has 0 amide bonds. The fourth-order valence-corrected chi connectivity index (χ4v) is 4.13. The lowest BCUT2D eigenvalue weighted by atomic mass is 10.2. The molecule has 0 saturated carbocycles. The van der Waals surface area contributed by atoms with Crippen molar-refractivity contribution in [3.8, 4) is 0 Å². The van der Waals surface area contributed by atoms with Gasteiger partial charge < -0.3 is 9.80 Å². The Morgan fingerprint density at radius 3 is 3.00 bits per heavy atom. The SMILES string of the molecule is CN(C)c1nc2c(s1)CN(c1ncnc3scnc13)CC2. The molecule has 8 heteroatoms. The molecule has 0 unspecified atom stereocenters. The van der Waals surface area contributed by atoms with Gasteiger partial charge in [-0.25, -0.2) is 19.9 Å². The van der Waals surface area contributed by atoms with Gasteiger partial charge in [-0.3, -0.25) is 0 Å². The molecule has 0 aromatic carbocycles. The lowest BCUT2D eigenvalue weighted by Crippen LogP contribution is -2.30. The van der Waals surface area contributed by atoms with E-state index < -0.39 is 0 Å². The van der Waals surface area contributed by atoms with Crippen LogP contribution in [0.15, 0.2) is 11.8 Å². The second-order valence-corrected chi connectivity index (χ2v) is 7.03. The summed E-state index contributed by atoms with van der Waals surface area (Å²) in [5, 5.41) is 1.07. The van der Waals surface area contributed by atoms with Crippen LogP contribution in [0.3, 0.4) is 0 Å². The molecule has 4 heterocycles. The van der Waals surface area contributed by atoms with Crippen LogP contribution >= 0.6 is 22.7 Å². The molecule has 0 spiro atoms. The number of fused-ring (bicyclic) bond motifs is 2. The third kappa shape index (κ3) is 2.14. The highest BCUT2D eigenvalue weighted by atomic mass is 32.1. The molecule has 0 atom stereocenters. The van der Waals surface area contributed by atoms with Gasteiger partial charge in [-0.15, -0.1) is 11.3 Å². The molecular formula is C13H14N6S2. The third-order valence-corrected chi connectivity index (χ3v) is 5.50. The lowest BCUT2D eigenvalue weighted by molar-refractivity contribution is 0.720. The molecule has 6 nitrogen and oxygen atoms in total. The minimum atomic E-state index is 0.852. The van der Waals surface area contributed by atoms with Crippen molar-refractivity contribution in [3.63, 3.8) is 0 Å². The summed E-state index contributed by atoms with van der Waals surface area (Å²) in [7, 11) is 4.07. The Morgan fingerprint density at radius 1 is 1.24 bits per heavy atom. The van der Waals surface area contributed by atoms with Gasteiger partial charge in [0.1, 0.15) is 16.7 Å². The second kappa shape index (κ2) is 4.88. The van der Waals surface area contributed by atoms with Crippen molar-refractivity contribution in [2.75, 3.05) is 30.4 Å². The summed E-state index contributed by atoms with van der Waals surface area (Å²) in [6.07, 6.45) is 2.58. The van der Waals surface area contributed by atoms with Crippen molar-refractivity contribution in [1.82, 2.24) is 19.9 Å². The molecule has 0 aliphatic carbocycles. The van der Waals surface area contributed by atoms with Crippen LogP contribution in [0.4, 0.5) is 10.9 Å². The maximum absolute atomic E-state index is 4.70. The number of hydrogen-bond donors (Lipinski definition) is 0. The summed E-state index contributed by atoms with van der Waals surface area (Å²) in [6, 6.07) is 0. The number of hydrogen-bond acceptors (Lipinski definition) is 8. The van der Waals surface area contributed by atoms with Crippen LogP contribution < -0.4 is 9.80 Å². The molecule has 3 aromatic heterocycles. The molecule has 1 aliphatic rings. The molecule has 0 bridgehead atoms. The Balaban J connectivity index is 1.70. The van der Waals surface area contributed by atoms with E-state index in [9.17, 15) is 0 Å². The zero-order valence-electron chi connectivity index (χ0n) is 11.8. The normalized spacial score (nSPS) is 14.5. The van der Waals surface area contributed by atoms with E-state index in [1.807, 2.05) is 19.6 Å². The molecule has 3 aromatic rings. The van der Waals surface area contributed by atoms with Gasteiger partial charge in [-0.2, -0.15) is 0 Å². The monoisotopic (exact) mass is 318 g/mol. The predicted molar refractivity (Wildman–Crippen MR) is 86.4 cm³/mol. The highest BCUT2D eigenvalue weighted by molar-refractivity contribution is 7.16. The Bertz CT molecular complexity index is 793. The summed E-state index contributed by atoms with van der Waals surface area (Å²) in [6.45, 7) is 1.78. The second-order valence-electron chi connectivity index (χ2n) is 5.14. The predicted octanol–water partition coefficient (Wildman–Crippen LogP) is 2.17. The molecule has 4 rings (SSSR count). The average molecular weight is 318 g/mol. The maximum Gasteiger partial charge on any atom is 0.185 e. The first-order valence-electron chi connectivity index (χ1n) is 6.67. The Labute approximate surface area is 130 Å². The fraction of sp³-hybridized carbons (Fsp3) is 0.385. The minimum absolute atomic E-state index is 0.852. The highest BCUT2D eigenvalue weighted by Gasteiger charge is 2.24. The van der Waals surface area contributed by atoms with Gasteiger partial charge in [0.25, 0.3) is 0 Å². The van der Waals surface area contributed by atoms with E-state index in [-0.39, 0.29) is 0 Å². The standard InChI is InChI=1S/C13H14N6S2/c1-18(2)13-17-8-3-4-19(5-9(8)21-13)11-10-12(15-6-14-11)20-7-16-10/h6-7H,3-5H2,1-2H3. The molecule has 1 aliphatic heterocycles. The van der Waals surface area contributed by atoms with Gasteiger partial charge in [-0.1, -0.05) is 11.3 Å². The van der Waals surface area contributed by atoms with E-state index in [1.54, 1.807) is 29.0 Å². The van der Waals surface area contributed by atoms with Gasteiger partial charge >= 0.3 is 0 Å². The number of aromatic nitrogens is 4. The van der Waals surface area contributed by atoms with Crippen molar-refractivity contribution < 1.29 is 0 Å². The number of thiazole rings is 2. The number of anilines is 2. The first-order valence-corrected chi connectivity index (χ1v) is 8.37. The van der Waals surface area contributed by atoms with E-state index in [1.165, 1.54) is 10.6 Å². The molecule has 0 saturated heterocycles. The Morgan fingerprint density at radius 2 is 2.14 bits per heavy atom. The van der Waals surface area contributed by atoms with Crippen LogP contribution in [-0.2, 0) is 13.0 Å². The van der Waals surface area contributed by atoms with Crippen LogP contribution in [0.1, 0.15) is 10.6 Å². The summed E-state index contributed by atoms with van der Waals surface area (Å²) in [5.74, 6) is 0.937. The highest BCUT2D eigenvalue weighted by Crippen LogP contribution is 2.33. The zero-order valence-corrected chi connectivity index (χ0v) is 13.4. The number of nitrogens with zero attached hydrogens (tertiary/aromatic N) is 6. The third-order valence-electron chi connectivity index (χ3n) is 3.52. The molecule has 0 radical (unpaired) electrons. The van der Waals surface area contributed by atoms with E-state index in [4.69, 9.17) is 4.98 Å². The van der Waals surface area contributed by atoms with Crippen LogP contribution in [-0.4, -0.2) is 40.6 Å². The molecular weight excluding hydrogens is 304 g/mol. The van der Waals surface area contributed by atoms with Crippen LogP contribution in [0.5, 0.6) is 0 Å². The minimum Gasteiger partial charge on any atom is -0.354 e. The Kier molecular flexibility index (Phi) is 3.00. The summed E-state index contributed by atoms with van der Waals surface area (Å²) >= 11 is 3.32. The van der Waals surface area contributed by atoms with Crippen molar-refractivity contribution >= 4 is 44.0 Å². The van der Waals surface area contributed by atoms with E-state index >= 15 is 0 Å². The maximum atomic E-state index is 4.70.